The number of nitrogens with zero attached hydrogens (tertiary/aromatic N) is 2. The van der Waals surface area contributed by atoms with Crippen LogP contribution in [0.4, 0.5) is 13.2 Å². The predicted molar refractivity (Wildman–Crippen MR) is 50.8 cm³/mol. The molecule has 1 aliphatic heterocycles. The monoisotopic (exact) mass is 234 g/mol. The molecule has 3 nitrogen and oxygen atoms in total. The van der Waals surface area contributed by atoms with Crippen LogP contribution in [0, 0.1) is 5.92 Å². The van der Waals surface area contributed by atoms with Crippen molar-refractivity contribution in [2.75, 3.05) is 13.2 Å². The van der Waals surface area contributed by atoms with E-state index in [2.05, 4.69) is 5.10 Å². The highest BCUT2D eigenvalue weighted by Crippen LogP contribution is 2.27. The zero-order valence-corrected chi connectivity index (χ0v) is 8.70. The van der Waals surface area contributed by atoms with Gasteiger partial charge >= 0.3 is 6.18 Å². The van der Waals surface area contributed by atoms with Gasteiger partial charge in [-0.25, -0.2) is 0 Å². The molecule has 0 unspecified atom stereocenters. The highest BCUT2D eigenvalue weighted by Gasteiger charge is 2.33. The molecular formula is C10H13F3N2O. The number of ether oxygens (including phenoxy) is 1. The Balaban J connectivity index is 1.97. The lowest BCUT2D eigenvalue weighted by Crippen LogP contribution is -2.21. The van der Waals surface area contributed by atoms with Crippen LogP contribution in [0.25, 0.3) is 0 Å². The summed E-state index contributed by atoms with van der Waals surface area (Å²) < 4.78 is 43.4. The van der Waals surface area contributed by atoms with E-state index in [0.717, 1.165) is 18.9 Å². The van der Waals surface area contributed by atoms with Crippen molar-refractivity contribution in [3.05, 3.63) is 18.0 Å². The van der Waals surface area contributed by atoms with Crippen LogP contribution in [0.3, 0.4) is 0 Å². The Bertz CT molecular complexity index is 342. The smallest absolute Gasteiger partial charge is 0.381 e. The Kier molecular flexibility index (Phi) is 3.18. The number of hydrogen-bond acceptors (Lipinski definition) is 2. The Labute approximate surface area is 91.2 Å². The fourth-order valence-electron chi connectivity index (χ4n) is 1.81. The number of hydrogen-bond donors (Lipinski definition) is 0. The van der Waals surface area contributed by atoms with Crippen molar-refractivity contribution in [2.45, 2.75) is 25.6 Å². The number of aromatic nitrogens is 2. The molecule has 1 fully saturated rings. The number of alkyl halides is 3. The molecule has 16 heavy (non-hydrogen) atoms. The van der Waals surface area contributed by atoms with Crippen molar-refractivity contribution in [2.24, 2.45) is 5.92 Å². The fourth-order valence-corrected chi connectivity index (χ4v) is 1.81. The number of halogens is 3. The summed E-state index contributed by atoms with van der Waals surface area (Å²) in [4.78, 5) is 0. The minimum atomic E-state index is -4.35. The van der Waals surface area contributed by atoms with Crippen molar-refractivity contribution < 1.29 is 17.9 Å². The van der Waals surface area contributed by atoms with Gasteiger partial charge in [0.2, 0.25) is 0 Å². The zero-order valence-electron chi connectivity index (χ0n) is 8.70. The summed E-state index contributed by atoms with van der Waals surface area (Å²) in [6.45, 7) is 1.93. The molecule has 1 saturated heterocycles. The van der Waals surface area contributed by atoms with E-state index < -0.39 is 11.9 Å². The second kappa shape index (κ2) is 4.45. The third-order valence-corrected chi connectivity index (χ3v) is 2.72. The second-order valence-corrected chi connectivity index (χ2v) is 3.98. The summed E-state index contributed by atoms with van der Waals surface area (Å²) in [6.07, 6.45) is -1.18. The predicted octanol–water partition coefficient (Wildman–Crippen LogP) is 2.33. The lowest BCUT2D eigenvalue weighted by Gasteiger charge is -2.21. The quantitative estimate of drug-likeness (QED) is 0.785. The summed E-state index contributed by atoms with van der Waals surface area (Å²) in [5, 5.41) is 3.53. The van der Waals surface area contributed by atoms with E-state index in [1.165, 1.54) is 10.9 Å². The first-order valence-electron chi connectivity index (χ1n) is 5.24. The van der Waals surface area contributed by atoms with Gasteiger partial charge in [-0.15, -0.1) is 0 Å². The maximum atomic E-state index is 12.3. The molecule has 90 valence electrons. The standard InChI is InChI=1S/C10H13F3N2O/c11-10(12,13)9-1-4-15(14-9)7-8-2-5-16-6-3-8/h1,4,8H,2-3,5-7H2. The van der Waals surface area contributed by atoms with Crippen molar-refractivity contribution in [1.82, 2.24) is 9.78 Å². The van der Waals surface area contributed by atoms with Crippen LogP contribution in [0.2, 0.25) is 0 Å². The van der Waals surface area contributed by atoms with E-state index in [1.807, 2.05) is 0 Å². The first kappa shape index (κ1) is 11.4. The Morgan fingerprint density at radius 2 is 2.06 bits per heavy atom. The molecule has 0 aromatic carbocycles. The van der Waals surface area contributed by atoms with E-state index in [4.69, 9.17) is 4.74 Å². The van der Waals surface area contributed by atoms with Crippen LogP contribution in [-0.2, 0) is 17.5 Å². The summed E-state index contributed by atoms with van der Waals surface area (Å²) in [7, 11) is 0. The molecule has 0 N–H and O–H groups in total. The maximum absolute atomic E-state index is 12.3. The highest BCUT2D eigenvalue weighted by atomic mass is 19.4. The molecule has 0 saturated carbocycles. The summed E-state index contributed by atoms with van der Waals surface area (Å²) >= 11 is 0. The molecular weight excluding hydrogens is 221 g/mol. The van der Waals surface area contributed by atoms with Gasteiger partial charge in [0, 0.05) is 26.0 Å². The zero-order chi connectivity index (χ0) is 11.6. The summed E-state index contributed by atoms with van der Waals surface area (Å²) in [5.74, 6) is 0.370. The molecule has 0 atom stereocenters. The van der Waals surface area contributed by atoms with Crippen LogP contribution < -0.4 is 0 Å². The third-order valence-electron chi connectivity index (χ3n) is 2.72. The maximum Gasteiger partial charge on any atom is 0.435 e. The van der Waals surface area contributed by atoms with E-state index in [-0.39, 0.29) is 0 Å². The van der Waals surface area contributed by atoms with Crippen molar-refractivity contribution in [1.29, 1.82) is 0 Å². The molecule has 1 aromatic heterocycles. The van der Waals surface area contributed by atoms with Gasteiger partial charge in [0.05, 0.1) is 0 Å². The van der Waals surface area contributed by atoms with Crippen LogP contribution in [-0.4, -0.2) is 23.0 Å². The van der Waals surface area contributed by atoms with Gasteiger partial charge in [-0.1, -0.05) is 0 Å². The fraction of sp³-hybridized carbons (Fsp3) is 0.700. The minimum Gasteiger partial charge on any atom is -0.381 e. The van der Waals surface area contributed by atoms with Gasteiger partial charge < -0.3 is 4.74 Å². The van der Waals surface area contributed by atoms with Crippen LogP contribution in [0.1, 0.15) is 18.5 Å². The molecule has 0 spiro atoms. The Morgan fingerprint density at radius 1 is 1.38 bits per heavy atom. The van der Waals surface area contributed by atoms with Crippen molar-refractivity contribution in [3.8, 4) is 0 Å². The highest BCUT2D eigenvalue weighted by molar-refractivity contribution is 5.03. The molecule has 2 rings (SSSR count). The minimum absolute atomic E-state index is 0.370. The largest absolute Gasteiger partial charge is 0.435 e. The van der Waals surface area contributed by atoms with Crippen LogP contribution in [0.5, 0.6) is 0 Å². The molecule has 0 bridgehead atoms. The van der Waals surface area contributed by atoms with E-state index in [0.29, 0.717) is 25.7 Å². The SMILES string of the molecule is FC(F)(F)c1ccn(CC2CCOCC2)n1. The van der Waals surface area contributed by atoms with Gasteiger partial charge in [-0.2, -0.15) is 18.3 Å². The molecule has 6 heteroatoms. The lowest BCUT2D eigenvalue weighted by molar-refractivity contribution is -0.141. The molecule has 0 amide bonds. The molecule has 2 heterocycles. The van der Waals surface area contributed by atoms with E-state index in [1.54, 1.807) is 0 Å². The normalized spacial score (nSPS) is 18.9. The van der Waals surface area contributed by atoms with Gasteiger partial charge in [0.1, 0.15) is 0 Å². The topological polar surface area (TPSA) is 27.1 Å². The third kappa shape index (κ3) is 2.75. The van der Waals surface area contributed by atoms with Gasteiger partial charge in [-0.05, 0) is 24.8 Å². The first-order chi connectivity index (χ1) is 7.55. The first-order valence-corrected chi connectivity index (χ1v) is 5.24. The number of rotatable bonds is 2. The summed E-state index contributed by atoms with van der Waals surface area (Å²) in [6, 6.07) is 1.01. The van der Waals surface area contributed by atoms with E-state index >= 15 is 0 Å². The molecule has 1 aromatic rings. The average molecular weight is 234 g/mol. The Hall–Kier alpha value is -1.04. The van der Waals surface area contributed by atoms with Gasteiger partial charge in [-0.3, -0.25) is 4.68 Å². The Morgan fingerprint density at radius 3 is 2.62 bits per heavy atom. The average Bonchev–Trinajstić information content (AvgIpc) is 2.67. The van der Waals surface area contributed by atoms with Crippen molar-refractivity contribution in [3.63, 3.8) is 0 Å². The molecule has 0 radical (unpaired) electrons. The van der Waals surface area contributed by atoms with Gasteiger partial charge in [0.15, 0.2) is 5.69 Å². The summed E-state index contributed by atoms with van der Waals surface area (Å²) in [5.41, 5.74) is -0.820. The van der Waals surface area contributed by atoms with Crippen LogP contribution >= 0.6 is 0 Å². The van der Waals surface area contributed by atoms with Crippen LogP contribution in [0.15, 0.2) is 12.3 Å². The molecule has 1 aliphatic rings. The lowest BCUT2D eigenvalue weighted by atomic mass is 10.0. The second-order valence-electron chi connectivity index (χ2n) is 3.98. The van der Waals surface area contributed by atoms with E-state index in [9.17, 15) is 13.2 Å². The van der Waals surface area contributed by atoms with Gasteiger partial charge in [0.25, 0.3) is 0 Å². The molecule has 0 aliphatic carbocycles. The van der Waals surface area contributed by atoms with Crippen molar-refractivity contribution >= 4 is 0 Å².